The van der Waals surface area contributed by atoms with E-state index in [0.29, 0.717) is 25.2 Å². The minimum absolute atomic E-state index is 0.0662. The third-order valence-electron chi connectivity index (χ3n) is 5.43. The van der Waals surface area contributed by atoms with Gasteiger partial charge in [-0.3, -0.25) is 9.78 Å². The van der Waals surface area contributed by atoms with Crippen LogP contribution in [0, 0.1) is 6.92 Å². The van der Waals surface area contributed by atoms with Crippen molar-refractivity contribution in [3.05, 3.63) is 75.6 Å². The molecule has 0 fully saturated rings. The fourth-order valence-electron chi connectivity index (χ4n) is 3.77. The summed E-state index contributed by atoms with van der Waals surface area (Å²) in [6.45, 7) is 3.08. The average molecular weight is 489 g/mol. The maximum Gasteiger partial charge on any atom is 0.273 e. The number of thioether (sulfide) groups is 1. The Kier molecular flexibility index (Phi) is 6.94. The molecule has 0 aliphatic carbocycles. The van der Waals surface area contributed by atoms with Gasteiger partial charge in [0.15, 0.2) is 0 Å². The SMILES string of the molecule is CSc1nc(C(=O)N2CCc3c(cnc(C)c3CNS(=O)(=O)Cc3ccccc3)C2)cs1. The highest BCUT2D eigenvalue weighted by atomic mass is 32.2. The number of hydrogen-bond acceptors (Lipinski definition) is 7. The number of fused-ring (bicyclic) bond motifs is 1. The van der Waals surface area contributed by atoms with Gasteiger partial charge in [0, 0.05) is 36.9 Å². The lowest BCUT2D eigenvalue weighted by Crippen LogP contribution is -2.37. The summed E-state index contributed by atoms with van der Waals surface area (Å²) in [5, 5.41) is 1.80. The molecule has 3 heterocycles. The molecule has 4 rings (SSSR count). The molecule has 1 aromatic carbocycles. The van der Waals surface area contributed by atoms with Gasteiger partial charge in [0.25, 0.3) is 5.91 Å². The Balaban J connectivity index is 1.48. The molecule has 0 radical (unpaired) electrons. The lowest BCUT2D eigenvalue weighted by Gasteiger charge is -2.30. The van der Waals surface area contributed by atoms with Crippen LogP contribution < -0.4 is 4.72 Å². The number of pyridine rings is 1. The van der Waals surface area contributed by atoms with Crippen LogP contribution in [0.2, 0.25) is 0 Å². The minimum atomic E-state index is -3.49. The topological polar surface area (TPSA) is 92.3 Å². The number of nitrogens with zero attached hydrogens (tertiary/aromatic N) is 3. The molecule has 32 heavy (non-hydrogen) atoms. The average Bonchev–Trinajstić information content (AvgIpc) is 3.27. The zero-order valence-electron chi connectivity index (χ0n) is 17.9. The number of nitrogens with one attached hydrogen (secondary N) is 1. The van der Waals surface area contributed by atoms with E-state index in [2.05, 4.69) is 14.7 Å². The zero-order valence-corrected chi connectivity index (χ0v) is 20.3. The highest BCUT2D eigenvalue weighted by Crippen LogP contribution is 2.26. The van der Waals surface area contributed by atoms with Crippen molar-refractivity contribution in [3.63, 3.8) is 0 Å². The molecule has 1 aliphatic rings. The molecule has 0 unspecified atom stereocenters. The number of hydrogen-bond donors (Lipinski definition) is 1. The molecule has 0 atom stereocenters. The first-order chi connectivity index (χ1) is 15.4. The van der Waals surface area contributed by atoms with Crippen molar-refractivity contribution < 1.29 is 13.2 Å². The molecular weight excluding hydrogens is 464 g/mol. The summed E-state index contributed by atoms with van der Waals surface area (Å²) < 4.78 is 28.8. The fraction of sp³-hybridized carbons (Fsp3) is 0.318. The Morgan fingerprint density at radius 1 is 1.28 bits per heavy atom. The summed E-state index contributed by atoms with van der Waals surface area (Å²) in [6.07, 6.45) is 4.38. The van der Waals surface area contributed by atoms with Crippen molar-refractivity contribution in [1.82, 2.24) is 19.6 Å². The van der Waals surface area contributed by atoms with E-state index in [1.807, 2.05) is 31.4 Å². The third-order valence-corrected chi connectivity index (χ3v) is 8.59. The van der Waals surface area contributed by atoms with Crippen molar-refractivity contribution in [2.75, 3.05) is 12.8 Å². The van der Waals surface area contributed by atoms with Crippen molar-refractivity contribution in [3.8, 4) is 0 Å². The van der Waals surface area contributed by atoms with Gasteiger partial charge in [-0.25, -0.2) is 18.1 Å². The monoisotopic (exact) mass is 488 g/mol. The first-order valence-corrected chi connectivity index (χ1v) is 13.9. The van der Waals surface area contributed by atoms with Crippen molar-refractivity contribution in [2.24, 2.45) is 0 Å². The number of sulfonamides is 1. The van der Waals surface area contributed by atoms with Crippen molar-refractivity contribution in [1.29, 1.82) is 0 Å². The van der Waals surface area contributed by atoms with Crippen LogP contribution >= 0.6 is 23.1 Å². The van der Waals surface area contributed by atoms with Crippen LogP contribution in [0.4, 0.5) is 0 Å². The number of aromatic nitrogens is 2. The van der Waals surface area contributed by atoms with Crippen LogP contribution in [0.25, 0.3) is 0 Å². The molecule has 168 valence electrons. The second-order valence-corrected chi connectivity index (χ2v) is 11.3. The summed E-state index contributed by atoms with van der Waals surface area (Å²) >= 11 is 2.99. The van der Waals surface area contributed by atoms with E-state index in [0.717, 1.165) is 32.3 Å². The summed E-state index contributed by atoms with van der Waals surface area (Å²) in [7, 11) is -3.49. The van der Waals surface area contributed by atoms with Gasteiger partial charge in [-0.2, -0.15) is 0 Å². The Morgan fingerprint density at radius 3 is 2.78 bits per heavy atom. The lowest BCUT2D eigenvalue weighted by molar-refractivity contribution is 0.0728. The second kappa shape index (κ2) is 9.70. The largest absolute Gasteiger partial charge is 0.333 e. The lowest BCUT2D eigenvalue weighted by atomic mass is 9.95. The van der Waals surface area contributed by atoms with Crippen LogP contribution in [0.1, 0.15) is 38.4 Å². The molecule has 1 N–H and O–H groups in total. The van der Waals surface area contributed by atoms with E-state index >= 15 is 0 Å². The molecule has 0 saturated heterocycles. The van der Waals surface area contributed by atoms with E-state index in [-0.39, 0.29) is 18.2 Å². The van der Waals surface area contributed by atoms with Gasteiger partial charge in [0.05, 0.1) is 5.75 Å². The highest BCUT2D eigenvalue weighted by molar-refractivity contribution is 8.00. The predicted molar refractivity (Wildman–Crippen MR) is 127 cm³/mol. The van der Waals surface area contributed by atoms with Gasteiger partial charge in [0.2, 0.25) is 10.0 Å². The van der Waals surface area contributed by atoms with E-state index < -0.39 is 10.0 Å². The molecule has 0 bridgehead atoms. The molecule has 1 amide bonds. The van der Waals surface area contributed by atoms with E-state index in [1.54, 1.807) is 28.6 Å². The number of amides is 1. The number of benzene rings is 1. The smallest absolute Gasteiger partial charge is 0.273 e. The van der Waals surface area contributed by atoms with E-state index in [1.165, 1.54) is 23.1 Å². The molecule has 2 aromatic heterocycles. The maximum atomic E-state index is 12.9. The zero-order chi connectivity index (χ0) is 22.7. The highest BCUT2D eigenvalue weighted by Gasteiger charge is 2.26. The third kappa shape index (κ3) is 5.20. The van der Waals surface area contributed by atoms with Gasteiger partial charge in [0.1, 0.15) is 10.0 Å². The Morgan fingerprint density at radius 2 is 2.06 bits per heavy atom. The Labute approximate surface area is 196 Å². The Bertz CT molecular complexity index is 1230. The summed E-state index contributed by atoms with van der Waals surface area (Å²) in [6, 6.07) is 9.11. The Hall–Kier alpha value is -2.27. The standard InChI is InChI=1S/C22H24N4O3S3/c1-15-19(11-24-32(28,29)14-16-6-4-3-5-7-16)18-8-9-26(12-17(18)10-23-15)21(27)20-13-31-22(25-20)30-2/h3-7,10,13,24H,8-9,11-12,14H2,1-2H3. The molecular formula is C22H24N4O3S3. The van der Waals surface area contributed by atoms with Gasteiger partial charge >= 0.3 is 0 Å². The number of rotatable bonds is 7. The van der Waals surface area contributed by atoms with Gasteiger partial charge in [-0.05, 0) is 41.9 Å². The van der Waals surface area contributed by atoms with Crippen LogP contribution in [0.3, 0.4) is 0 Å². The summed E-state index contributed by atoms with van der Waals surface area (Å²) in [4.78, 5) is 23.5. The molecule has 1 aliphatic heterocycles. The van der Waals surface area contributed by atoms with Crippen LogP contribution in [-0.2, 0) is 35.3 Å². The van der Waals surface area contributed by atoms with Crippen molar-refractivity contribution >= 4 is 39.0 Å². The quantitative estimate of drug-likeness (QED) is 0.513. The molecule has 3 aromatic rings. The van der Waals surface area contributed by atoms with Crippen LogP contribution in [-0.4, -0.2) is 42.0 Å². The molecule has 7 nitrogen and oxygen atoms in total. The second-order valence-electron chi connectivity index (χ2n) is 7.57. The van der Waals surface area contributed by atoms with Gasteiger partial charge < -0.3 is 4.90 Å². The van der Waals surface area contributed by atoms with Gasteiger partial charge in [-0.1, -0.05) is 42.1 Å². The van der Waals surface area contributed by atoms with Crippen LogP contribution in [0.5, 0.6) is 0 Å². The fourth-order valence-corrected chi connectivity index (χ4v) is 6.10. The van der Waals surface area contributed by atoms with E-state index in [9.17, 15) is 13.2 Å². The maximum absolute atomic E-state index is 12.9. The van der Waals surface area contributed by atoms with Crippen LogP contribution in [0.15, 0.2) is 46.2 Å². The molecule has 0 spiro atoms. The number of aryl methyl sites for hydroxylation is 1. The van der Waals surface area contributed by atoms with Gasteiger partial charge in [-0.15, -0.1) is 11.3 Å². The first-order valence-electron chi connectivity index (χ1n) is 10.1. The van der Waals surface area contributed by atoms with Crippen molar-refractivity contribution in [2.45, 2.75) is 36.5 Å². The minimum Gasteiger partial charge on any atom is -0.333 e. The number of thiazole rings is 1. The van der Waals surface area contributed by atoms with E-state index in [4.69, 9.17) is 0 Å². The summed E-state index contributed by atoms with van der Waals surface area (Å²) in [5.74, 6) is -0.151. The normalized spacial score (nSPS) is 13.8. The summed E-state index contributed by atoms with van der Waals surface area (Å²) in [5.41, 5.74) is 4.93. The first kappa shape index (κ1) is 22.9. The predicted octanol–water partition coefficient (Wildman–Crippen LogP) is 3.39. The molecule has 0 saturated carbocycles. The number of carbonyl (C=O) groups excluding carboxylic acids is 1. The molecule has 10 heteroatoms. The number of carbonyl (C=O) groups is 1.